The molecule has 1 amide bonds. The molecule has 1 fully saturated rings. The van der Waals surface area contributed by atoms with Gasteiger partial charge in [0.2, 0.25) is 0 Å². The number of rotatable bonds is 4. The fraction of sp³-hybridized carbons (Fsp3) is 0.321. The van der Waals surface area contributed by atoms with Gasteiger partial charge in [-0.3, -0.25) is 0 Å². The first-order valence-corrected chi connectivity index (χ1v) is 15.2. The smallest absolute Gasteiger partial charge is 0.410 e. The van der Waals surface area contributed by atoms with Crippen LogP contribution in [-0.2, 0) is 14.8 Å². The maximum Gasteiger partial charge on any atom is 0.410 e. The number of fused-ring (bicyclic) bond motifs is 1. The first kappa shape index (κ1) is 28.3. The molecule has 1 aromatic carbocycles. The SMILES string of the molecule is Cc1ccc(S(=O)(=O)n2cc(I)c3cc(-c4cnc(N5CCN(C(=O)OC(C)(C)C)CC5)c(F)c4)cnc32)cc1. The summed E-state index contributed by atoms with van der Waals surface area (Å²) < 4.78 is 49.2. The molecule has 1 aliphatic heterocycles. The number of benzene rings is 1. The van der Waals surface area contributed by atoms with Gasteiger partial charge in [-0.2, -0.15) is 0 Å². The molecular weight excluding hydrogens is 648 g/mol. The second kappa shape index (κ2) is 10.6. The molecule has 3 aromatic heterocycles. The topological polar surface area (TPSA) is 97.6 Å². The number of amides is 1. The van der Waals surface area contributed by atoms with Gasteiger partial charge in [-0.1, -0.05) is 17.7 Å². The van der Waals surface area contributed by atoms with Gasteiger partial charge < -0.3 is 14.5 Å². The molecule has 5 rings (SSSR count). The molecule has 9 nitrogen and oxygen atoms in total. The van der Waals surface area contributed by atoms with Crippen molar-refractivity contribution in [1.82, 2.24) is 18.8 Å². The van der Waals surface area contributed by atoms with Crippen LogP contribution in [0.25, 0.3) is 22.2 Å². The van der Waals surface area contributed by atoms with E-state index in [0.29, 0.717) is 51.9 Å². The monoisotopic (exact) mass is 677 g/mol. The Labute approximate surface area is 246 Å². The van der Waals surface area contributed by atoms with E-state index in [1.54, 1.807) is 46.3 Å². The molecule has 0 aliphatic carbocycles. The zero-order chi connectivity index (χ0) is 28.8. The number of carbonyl (C=O) groups is 1. The highest BCUT2D eigenvalue weighted by molar-refractivity contribution is 14.1. The van der Waals surface area contributed by atoms with Gasteiger partial charge in [-0.05, 0) is 74.6 Å². The molecule has 4 heterocycles. The molecule has 0 atom stereocenters. The van der Waals surface area contributed by atoms with Crippen molar-refractivity contribution >= 4 is 55.6 Å². The van der Waals surface area contributed by atoms with Gasteiger partial charge >= 0.3 is 6.09 Å². The molecule has 1 aliphatic rings. The Kier molecular flexibility index (Phi) is 7.50. The number of hydrogen-bond donors (Lipinski definition) is 0. The summed E-state index contributed by atoms with van der Waals surface area (Å²) in [6.07, 6.45) is 4.26. The van der Waals surface area contributed by atoms with E-state index >= 15 is 4.39 Å². The van der Waals surface area contributed by atoms with Crippen molar-refractivity contribution in [3.8, 4) is 11.1 Å². The molecule has 210 valence electrons. The van der Waals surface area contributed by atoms with Crippen LogP contribution < -0.4 is 4.90 Å². The van der Waals surface area contributed by atoms with E-state index < -0.39 is 21.4 Å². The van der Waals surface area contributed by atoms with Crippen LogP contribution in [0, 0.1) is 16.3 Å². The van der Waals surface area contributed by atoms with E-state index in [1.807, 2.05) is 27.7 Å². The largest absolute Gasteiger partial charge is 0.444 e. The minimum Gasteiger partial charge on any atom is -0.444 e. The van der Waals surface area contributed by atoms with Gasteiger partial charge in [-0.25, -0.2) is 31.5 Å². The van der Waals surface area contributed by atoms with Crippen LogP contribution in [0.3, 0.4) is 0 Å². The summed E-state index contributed by atoms with van der Waals surface area (Å²) in [6, 6.07) is 9.85. The summed E-state index contributed by atoms with van der Waals surface area (Å²) in [5.74, 6) is -0.274. The van der Waals surface area contributed by atoms with Gasteiger partial charge in [0.05, 0.1) is 4.90 Å². The average molecular weight is 678 g/mol. The highest BCUT2D eigenvalue weighted by atomic mass is 127. The lowest BCUT2D eigenvalue weighted by Gasteiger charge is -2.36. The summed E-state index contributed by atoms with van der Waals surface area (Å²) in [6.45, 7) is 9.01. The van der Waals surface area contributed by atoms with E-state index in [1.165, 1.54) is 22.4 Å². The molecule has 0 N–H and O–H groups in total. The Morgan fingerprint density at radius 2 is 1.62 bits per heavy atom. The maximum atomic E-state index is 15.3. The van der Waals surface area contributed by atoms with Crippen molar-refractivity contribution in [2.75, 3.05) is 31.1 Å². The number of halogens is 2. The lowest BCUT2D eigenvalue weighted by Crippen LogP contribution is -2.50. The average Bonchev–Trinajstić information content (AvgIpc) is 3.24. The number of aryl methyl sites for hydroxylation is 1. The van der Waals surface area contributed by atoms with Gasteiger partial charge in [0, 0.05) is 64.9 Å². The van der Waals surface area contributed by atoms with Gasteiger partial charge in [0.15, 0.2) is 17.3 Å². The molecule has 0 saturated carbocycles. The van der Waals surface area contributed by atoms with Crippen LogP contribution in [0.15, 0.2) is 59.9 Å². The Morgan fingerprint density at radius 3 is 2.25 bits per heavy atom. The van der Waals surface area contributed by atoms with Gasteiger partial charge in [-0.15, -0.1) is 0 Å². The van der Waals surface area contributed by atoms with Gasteiger partial charge in [0.1, 0.15) is 5.60 Å². The first-order chi connectivity index (χ1) is 18.8. The van der Waals surface area contributed by atoms with Crippen LogP contribution >= 0.6 is 22.6 Å². The molecule has 40 heavy (non-hydrogen) atoms. The van der Waals surface area contributed by atoms with E-state index in [9.17, 15) is 13.2 Å². The Hall–Kier alpha value is -3.26. The highest BCUT2D eigenvalue weighted by Gasteiger charge is 2.28. The second-order valence-corrected chi connectivity index (χ2v) is 13.6. The van der Waals surface area contributed by atoms with Crippen molar-refractivity contribution in [1.29, 1.82) is 0 Å². The summed E-state index contributed by atoms with van der Waals surface area (Å²) in [7, 11) is -3.84. The molecule has 12 heteroatoms. The van der Waals surface area contributed by atoms with E-state index in [-0.39, 0.29) is 16.8 Å². The van der Waals surface area contributed by atoms with E-state index in [4.69, 9.17) is 4.74 Å². The van der Waals surface area contributed by atoms with Crippen molar-refractivity contribution < 1.29 is 22.3 Å². The fourth-order valence-electron chi connectivity index (χ4n) is 4.46. The molecule has 0 spiro atoms. The normalized spacial score (nSPS) is 14.6. The lowest BCUT2D eigenvalue weighted by atomic mass is 10.1. The predicted octanol–water partition coefficient (Wildman–Crippen LogP) is 5.44. The Bertz CT molecular complexity index is 1690. The van der Waals surface area contributed by atoms with Gasteiger partial charge in [0.25, 0.3) is 10.0 Å². The second-order valence-electron chi connectivity index (χ2n) is 10.7. The third-order valence-electron chi connectivity index (χ3n) is 6.53. The predicted molar refractivity (Wildman–Crippen MR) is 159 cm³/mol. The van der Waals surface area contributed by atoms with Crippen molar-refractivity contribution in [2.24, 2.45) is 0 Å². The number of hydrogen-bond acceptors (Lipinski definition) is 7. The molecule has 1 saturated heterocycles. The Morgan fingerprint density at radius 1 is 1.00 bits per heavy atom. The van der Waals surface area contributed by atoms with Crippen molar-refractivity contribution in [3.05, 3.63) is 69.9 Å². The number of aromatic nitrogens is 3. The summed E-state index contributed by atoms with van der Waals surface area (Å²) in [4.78, 5) is 24.8. The first-order valence-electron chi connectivity index (χ1n) is 12.7. The molecule has 4 aromatic rings. The van der Waals surface area contributed by atoms with Crippen LogP contribution in [0.2, 0.25) is 0 Å². The molecule has 0 bridgehead atoms. The lowest BCUT2D eigenvalue weighted by molar-refractivity contribution is 0.0240. The minimum absolute atomic E-state index is 0.172. The number of piperazine rings is 1. The summed E-state index contributed by atoms with van der Waals surface area (Å²) >= 11 is 2.08. The standard InChI is InChI=1S/C28H29FIN5O4S/c1-18-5-7-21(8-6-18)40(37,38)35-17-24(30)22-13-19(15-31-25(22)35)20-14-23(29)26(32-16-20)33-9-11-34(12-10-33)27(36)39-28(2,3)4/h5-8,13-17H,9-12H2,1-4H3. The summed E-state index contributed by atoms with van der Waals surface area (Å²) in [5.41, 5.74) is 1.81. The number of carbonyl (C=O) groups excluding carboxylic acids is 1. The number of anilines is 1. The summed E-state index contributed by atoms with van der Waals surface area (Å²) in [5, 5.41) is 0.636. The Balaban J connectivity index is 1.37. The highest BCUT2D eigenvalue weighted by Crippen LogP contribution is 2.31. The molecular formula is C28H29FIN5O4S. The fourth-order valence-corrected chi connectivity index (χ4v) is 6.64. The minimum atomic E-state index is -3.84. The van der Waals surface area contributed by atoms with Crippen LogP contribution in [0.5, 0.6) is 0 Å². The van der Waals surface area contributed by atoms with Crippen molar-refractivity contribution in [2.45, 2.75) is 38.2 Å². The third-order valence-corrected chi connectivity index (χ3v) is 9.05. The molecule has 0 radical (unpaired) electrons. The zero-order valence-corrected chi connectivity index (χ0v) is 25.5. The number of nitrogens with zero attached hydrogens (tertiary/aromatic N) is 5. The maximum absolute atomic E-state index is 15.3. The van der Waals surface area contributed by atoms with E-state index in [2.05, 4.69) is 32.6 Å². The zero-order valence-electron chi connectivity index (χ0n) is 22.6. The number of ether oxygens (including phenoxy) is 1. The van der Waals surface area contributed by atoms with Crippen LogP contribution in [0.1, 0.15) is 26.3 Å². The van der Waals surface area contributed by atoms with E-state index in [0.717, 1.165) is 5.56 Å². The number of pyridine rings is 2. The molecule has 0 unspecified atom stereocenters. The third kappa shape index (κ3) is 5.64. The van der Waals surface area contributed by atoms with Crippen LogP contribution in [0.4, 0.5) is 15.0 Å². The quantitative estimate of drug-likeness (QED) is 0.266. The van der Waals surface area contributed by atoms with Crippen LogP contribution in [-0.4, -0.2) is 65.1 Å². The van der Waals surface area contributed by atoms with Crippen molar-refractivity contribution in [3.63, 3.8) is 0 Å².